The predicted octanol–water partition coefficient (Wildman–Crippen LogP) is 4.61. The van der Waals surface area contributed by atoms with E-state index in [9.17, 15) is 9.90 Å². The van der Waals surface area contributed by atoms with Crippen LogP contribution < -0.4 is 10.6 Å². The third-order valence-corrected chi connectivity index (χ3v) is 8.90. The van der Waals surface area contributed by atoms with Gasteiger partial charge in [0, 0.05) is 18.5 Å². The van der Waals surface area contributed by atoms with Crippen molar-refractivity contribution in [2.24, 2.45) is 17.8 Å². The molecule has 2 aromatic rings. The first kappa shape index (κ1) is 26.4. The van der Waals surface area contributed by atoms with Crippen LogP contribution in [0.5, 0.6) is 0 Å². The number of aromatic nitrogens is 4. The lowest BCUT2D eigenvalue weighted by Crippen LogP contribution is -2.34. The highest BCUT2D eigenvalue weighted by Crippen LogP contribution is 2.40. The van der Waals surface area contributed by atoms with Crippen LogP contribution in [0.1, 0.15) is 95.6 Å². The van der Waals surface area contributed by atoms with E-state index in [1.165, 1.54) is 6.42 Å². The van der Waals surface area contributed by atoms with Crippen LogP contribution in [0.25, 0.3) is 11.2 Å². The molecule has 1 amide bonds. The molecule has 3 aliphatic rings. The molecule has 0 unspecified atom stereocenters. The number of nitrogens with one attached hydrogen (secondary N) is 3. The maximum atomic E-state index is 11.8. The van der Waals surface area contributed by atoms with Crippen LogP contribution >= 0.6 is 0 Å². The van der Waals surface area contributed by atoms with Gasteiger partial charge in [0.05, 0.1) is 0 Å². The highest BCUT2D eigenvalue weighted by Gasteiger charge is 2.38. The molecule has 0 saturated heterocycles. The molecule has 5 N–H and O–H groups in total. The minimum atomic E-state index is -1.35. The van der Waals surface area contributed by atoms with Gasteiger partial charge in [-0.2, -0.15) is 0 Å². The molecule has 204 valence electrons. The summed E-state index contributed by atoms with van der Waals surface area (Å²) in [5.41, 5.74) is 0.0383. The number of anilines is 1. The van der Waals surface area contributed by atoms with E-state index >= 15 is 0 Å². The van der Waals surface area contributed by atoms with Crippen molar-refractivity contribution in [3.63, 3.8) is 0 Å². The monoisotopic (exact) mass is 521 g/mol. The average Bonchev–Trinajstić information content (AvgIpc) is 3.23. The van der Waals surface area contributed by atoms with Crippen LogP contribution in [0.4, 0.5) is 10.6 Å². The largest absolute Gasteiger partial charge is 0.465 e. The summed E-state index contributed by atoms with van der Waals surface area (Å²) in [5, 5.41) is 34.9. The van der Waals surface area contributed by atoms with Crippen LogP contribution in [0.2, 0.25) is 0 Å². The lowest BCUT2D eigenvalue weighted by Gasteiger charge is -2.34. The number of hydrogen-bond acceptors (Lipinski definition) is 7. The van der Waals surface area contributed by atoms with Crippen molar-refractivity contribution >= 4 is 28.9 Å². The van der Waals surface area contributed by atoms with Gasteiger partial charge in [0.15, 0.2) is 23.1 Å². The molecule has 0 radical (unpaired) electrons. The molecule has 3 saturated carbocycles. The van der Waals surface area contributed by atoms with Crippen molar-refractivity contribution in [2.45, 2.75) is 102 Å². The van der Waals surface area contributed by atoms with E-state index in [0.717, 1.165) is 63.3 Å². The Hall–Kier alpha value is -3.19. The first-order valence-electron chi connectivity index (χ1n) is 14.1. The second-order valence-electron chi connectivity index (χ2n) is 11.5. The van der Waals surface area contributed by atoms with Crippen LogP contribution in [0.15, 0.2) is 0 Å². The maximum absolute atomic E-state index is 11.8. The van der Waals surface area contributed by atoms with Gasteiger partial charge in [0.2, 0.25) is 0 Å². The average molecular weight is 522 g/mol. The fraction of sp³-hybridized carbons (Fsp3) is 0.679. The SMILES string of the molecule is C#C[C@H]1CC[C@H](Cn2c(C3(O)CCCCC3)nc3nc(C(=N)NC(=O)O)nc(N[C@H](C)C4CCC4)c32)CC1. The quantitative estimate of drug-likeness (QED) is 0.203. The Morgan fingerprint density at radius 1 is 1.13 bits per heavy atom. The number of rotatable bonds is 7. The van der Waals surface area contributed by atoms with Crippen LogP contribution in [-0.2, 0) is 12.1 Å². The molecule has 2 heterocycles. The third-order valence-electron chi connectivity index (χ3n) is 8.90. The number of aliphatic hydroxyl groups is 1. The molecule has 2 aromatic heterocycles. The van der Waals surface area contributed by atoms with Gasteiger partial charge in [-0.15, -0.1) is 12.3 Å². The number of hydrogen-bond donors (Lipinski definition) is 5. The Kier molecular flexibility index (Phi) is 7.57. The van der Waals surface area contributed by atoms with E-state index < -0.39 is 17.5 Å². The molecule has 10 heteroatoms. The van der Waals surface area contributed by atoms with Crippen LogP contribution in [-0.4, -0.2) is 47.7 Å². The van der Waals surface area contributed by atoms with E-state index in [-0.39, 0.29) is 11.9 Å². The van der Waals surface area contributed by atoms with Gasteiger partial charge in [-0.05, 0) is 70.1 Å². The first-order chi connectivity index (χ1) is 18.3. The summed E-state index contributed by atoms with van der Waals surface area (Å²) >= 11 is 0. The summed E-state index contributed by atoms with van der Waals surface area (Å²) < 4.78 is 2.12. The van der Waals surface area contributed by atoms with Crippen molar-refractivity contribution in [2.75, 3.05) is 5.32 Å². The number of imidazole rings is 1. The zero-order valence-electron chi connectivity index (χ0n) is 22.2. The van der Waals surface area contributed by atoms with E-state index in [2.05, 4.69) is 38.0 Å². The molecule has 3 aliphatic carbocycles. The summed E-state index contributed by atoms with van der Waals surface area (Å²) in [7, 11) is 0. The highest BCUT2D eigenvalue weighted by atomic mass is 16.4. The Labute approximate surface area is 223 Å². The Bertz CT molecular complexity index is 1230. The minimum Gasteiger partial charge on any atom is -0.465 e. The molecule has 38 heavy (non-hydrogen) atoms. The summed E-state index contributed by atoms with van der Waals surface area (Å²) in [4.78, 5) is 25.3. The highest BCUT2D eigenvalue weighted by molar-refractivity contribution is 6.03. The van der Waals surface area contributed by atoms with Gasteiger partial charge in [-0.25, -0.2) is 19.7 Å². The van der Waals surface area contributed by atoms with Crippen molar-refractivity contribution in [1.29, 1.82) is 5.41 Å². The summed E-state index contributed by atoms with van der Waals surface area (Å²) in [6.07, 6.45) is 16.1. The number of fused-ring (bicyclic) bond motifs is 1. The molecule has 0 bridgehead atoms. The summed E-state index contributed by atoms with van der Waals surface area (Å²) in [5.74, 6) is 4.86. The molecule has 0 aliphatic heterocycles. The molecule has 3 fully saturated rings. The number of amidine groups is 1. The predicted molar refractivity (Wildman–Crippen MR) is 145 cm³/mol. The molecule has 10 nitrogen and oxygen atoms in total. The van der Waals surface area contributed by atoms with Crippen molar-refractivity contribution in [3.05, 3.63) is 11.6 Å². The first-order valence-corrected chi connectivity index (χ1v) is 14.1. The Morgan fingerprint density at radius 2 is 1.84 bits per heavy atom. The normalized spacial score (nSPS) is 24.2. The number of nitrogens with zero attached hydrogens (tertiary/aromatic N) is 4. The second-order valence-corrected chi connectivity index (χ2v) is 11.5. The lowest BCUT2D eigenvalue weighted by atomic mass is 9.80. The molecular formula is C28H39N7O3. The third kappa shape index (κ3) is 5.35. The number of amides is 1. The summed E-state index contributed by atoms with van der Waals surface area (Å²) in [6, 6.07) is 0.145. The van der Waals surface area contributed by atoms with E-state index in [0.29, 0.717) is 54.4 Å². The minimum absolute atomic E-state index is 0.0374. The zero-order valence-corrected chi connectivity index (χ0v) is 22.2. The fourth-order valence-corrected chi connectivity index (χ4v) is 6.35. The van der Waals surface area contributed by atoms with Crippen molar-refractivity contribution < 1.29 is 15.0 Å². The molecule has 0 aromatic carbocycles. The lowest BCUT2D eigenvalue weighted by molar-refractivity contribution is -0.0123. The molecule has 1 atom stereocenters. The molecule has 5 rings (SSSR count). The molecule has 0 spiro atoms. The van der Waals surface area contributed by atoms with Gasteiger partial charge in [-0.3, -0.25) is 10.7 Å². The van der Waals surface area contributed by atoms with Gasteiger partial charge in [0.25, 0.3) is 0 Å². The Morgan fingerprint density at radius 3 is 2.45 bits per heavy atom. The number of terminal acetylenes is 1. The molecular weight excluding hydrogens is 482 g/mol. The van der Waals surface area contributed by atoms with E-state index in [1.807, 2.05) is 0 Å². The second kappa shape index (κ2) is 10.9. The fourth-order valence-electron chi connectivity index (χ4n) is 6.35. The van der Waals surface area contributed by atoms with Gasteiger partial charge in [0.1, 0.15) is 16.9 Å². The van der Waals surface area contributed by atoms with E-state index in [4.69, 9.17) is 21.9 Å². The standard InChI is InChI=1S/C28H39N7O3/c1-3-18-10-12-19(13-11-18)16-35-21-23(30-17(2)20-8-7-9-20)32-25(22(29)31-27(36)37)33-24(21)34-26(35)28(38)14-5-4-6-15-28/h1,17-20,38H,4-16H2,2H3,(H2,29,31)(H,36,37)(H,30,32,33)/t17-,18-,19-/m1/s1. The maximum Gasteiger partial charge on any atom is 0.410 e. The van der Waals surface area contributed by atoms with Gasteiger partial charge >= 0.3 is 6.09 Å². The van der Waals surface area contributed by atoms with Crippen molar-refractivity contribution in [3.8, 4) is 12.3 Å². The van der Waals surface area contributed by atoms with Crippen molar-refractivity contribution in [1.82, 2.24) is 24.8 Å². The summed E-state index contributed by atoms with van der Waals surface area (Å²) in [6.45, 7) is 2.82. The topological polar surface area (TPSA) is 149 Å². The van der Waals surface area contributed by atoms with E-state index in [1.54, 1.807) is 0 Å². The number of carbonyl (C=O) groups is 1. The Balaban J connectivity index is 1.61. The van der Waals surface area contributed by atoms with Crippen LogP contribution in [0.3, 0.4) is 0 Å². The van der Waals surface area contributed by atoms with Crippen LogP contribution in [0, 0.1) is 35.5 Å². The number of carboxylic acid groups (broad SMARTS) is 1. The smallest absolute Gasteiger partial charge is 0.410 e. The van der Waals surface area contributed by atoms with Gasteiger partial charge < -0.3 is 20.1 Å². The van der Waals surface area contributed by atoms with Gasteiger partial charge in [-0.1, -0.05) is 25.7 Å². The zero-order chi connectivity index (χ0) is 26.9.